The molecule has 3 heterocycles. The molecule has 3 aromatic rings. The Morgan fingerprint density at radius 1 is 1.30 bits per heavy atom. The van der Waals surface area contributed by atoms with Crippen molar-refractivity contribution in [3.8, 4) is 5.75 Å². The van der Waals surface area contributed by atoms with Gasteiger partial charge in [0.15, 0.2) is 10.3 Å². The van der Waals surface area contributed by atoms with Crippen LogP contribution in [0.3, 0.4) is 0 Å². The smallest absolute Gasteiger partial charge is 0.254 e. The minimum Gasteiger partial charge on any atom is -0.494 e. The normalized spacial score (nSPS) is 16.3. The summed E-state index contributed by atoms with van der Waals surface area (Å²) in [5, 5.41) is 4.15. The Balaban J connectivity index is 1.50. The number of hydrogen-bond donors (Lipinski definition) is 1. The first-order chi connectivity index (χ1) is 14.2. The van der Waals surface area contributed by atoms with E-state index in [1.54, 1.807) is 10.6 Å². The fourth-order valence-corrected chi connectivity index (χ4v) is 5.16. The van der Waals surface area contributed by atoms with E-state index in [4.69, 9.17) is 4.74 Å². The van der Waals surface area contributed by atoms with Gasteiger partial charge in [0.1, 0.15) is 5.75 Å². The standard InChI is InChI=1S/C21H24N4O3S2/c1-5-28-13-6-7-14-15(8-13)30-19(22-14)24-18(27)12-10-25-17(26)9-16(21(2,3)4)23-20(25)29-11-12/h6-9,12H,5,10-11H2,1-4H3,(H,22,24,27)/t12-/m0/s1. The van der Waals surface area contributed by atoms with Crippen molar-refractivity contribution in [3.05, 3.63) is 40.3 Å². The zero-order valence-electron chi connectivity index (χ0n) is 17.4. The van der Waals surface area contributed by atoms with Crippen LogP contribution in [-0.2, 0) is 16.8 Å². The number of thioether (sulfide) groups is 1. The SMILES string of the molecule is CCOc1ccc2nc(NC(=O)[C@@H]3CSc4nc(C(C)(C)C)cc(=O)n4C3)sc2c1. The van der Waals surface area contributed by atoms with E-state index in [9.17, 15) is 9.59 Å². The van der Waals surface area contributed by atoms with Crippen molar-refractivity contribution >= 4 is 44.4 Å². The monoisotopic (exact) mass is 444 g/mol. The van der Waals surface area contributed by atoms with Gasteiger partial charge in [-0.3, -0.25) is 14.2 Å². The van der Waals surface area contributed by atoms with Gasteiger partial charge >= 0.3 is 0 Å². The third-order valence-corrected chi connectivity index (χ3v) is 6.90. The molecular weight excluding hydrogens is 420 g/mol. The summed E-state index contributed by atoms with van der Waals surface area (Å²) in [5.74, 6) is 0.900. The number of rotatable bonds is 4. The van der Waals surface area contributed by atoms with Gasteiger partial charge in [-0.2, -0.15) is 0 Å². The maximum atomic E-state index is 12.8. The van der Waals surface area contributed by atoms with E-state index in [1.165, 1.54) is 23.1 Å². The first kappa shape index (κ1) is 20.9. The highest BCUT2D eigenvalue weighted by Gasteiger charge is 2.29. The molecule has 1 aliphatic rings. The van der Waals surface area contributed by atoms with E-state index in [0.29, 0.717) is 29.2 Å². The average Bonchev–Trinajstić information content (AvgIpc) is 3.08. The number of aromatic nitrogens is 3. The van der Waals surface area contributed by atoms with Gasteiger partial charge in [0, 0.05) is 23.8 Å². The number of nitrogens with zero attached hydrogens (tertiary/aromatic N) is 3. The summed E-state index contributed by atoms with van der Waals surface area (Å²) in [4.78, 5) is 34.6. The van der Waals surface area contributed by atoms with Crippen LogP contribution in [0.5, 0.6) is 5.75 Å². The minimum atomic E-state index is -0.325. The number of anilines is 1. The number of nitrogens with one attached hydrogen (secondary N) is 1. The molecule has 0 bridgehead atoms. The number of hydrogen-bond acceptors (Lipinski definition) is 7. The predicted octanol–water partition coefficient (Wildman–Crippen LogP) is 3.91. The fraction of sp³-hybridized carbons (Fsp3) is 0.429. The zero-order valence-corrected chi connectivity index (χ0v) is 19.0. The minimum absolute atomic E-state index is 0.113. The number of amides is 1. The summed E-state index contributed by atoms with van der Waals surface area (Å²) in [6.45, 7) is 8.96. The fourth-order valence-electron chi connectivity index (χ4n) is 3.18. The van der Waals surface area contributed by atoms with Gasteiger partial charge in [0.05, 0.1) is 28.4 Å². The van der Waals surface area contributed by atoms with Crippen molar-refractivity contribution in [1.29, 1.82) is 0 Å². The number of ether oxygens (including phenoxy) is 1. The van der Waals surface area contributed by atoms with Gasteiger partial charge in [0.25, 0.3) is 5.56 Å². The van der Waals surface area contributed by atoms with Crippen LogP contribution in [-0.4, -0.2) is 32.8 Å². The third kappa shape index (κ3) is 4.22. The maximum absolute atomic E-state index is 12.8. The van der Waals surface area contributed by atoms with Crippen LogP contribution in [0.25, 0.3) is 10.2 Å². The van der Waals surface area contributed by atoms with E-state index in [-0.39, 0.29) is 22.8 Å². The van der Waals surface area contributed by atoms with Crippen LogP contribution in [0.2, 0.25) is 0 Å². The van der Waals surface area contributed by atoms with Crippen LogP contribution < -0.4 is 15.6 Å². The van der Waals surface area contributed by atoms with Gasteiger partial charge < -0.3 is 10.1 Å². The van der Waals surface area contributed by atoms with E-state index < -0.39 is 0 Å². The van der Waals surface area contributed by atoms with Crippen LogP contribution in [0.15, 0.2) is 34.2 Å². The Kier molecular flexibility index (Phi) is 5.59. The molecule has 0 saturated carbocycles. The first-order valence-corrected chi connectivity index (χ1v) is 11.6. The summed E-state index contributed by atoms with van der Waals surface area (Å²) in [6.07, 6.45) is 0. The molecular formula is C21H24N4O3S2. The number of fused-ring (bicyclic) bond motifs is 2. The van der Waals surface area contributed by atoms with E-state index >= 15 is 0 Å². The lowest BCUT2D eigenvalue weighted by atomic mass is 9.92. The van der Waals surface area contributed by atoms with Crippen molar-refractivity contribution in [2.24, 2.45) is 5.92 Å². The summed E-state index contributed by atoms with van der Waals surface area (Å²) in [5.41, 5.74) is 1.28. The quantitative estimate of drug-likeness (QED) is 0.614. The van der Waals surface area contributed by atoms with Crippen LogP contribution in [0.4, 0.5) is 5.13 Å². The second-order valence-electron chi connectivity index (χ2n) is 8.20. The molecule has 4 rings (SSSR count). The average molecular weight is 445 g/mol. The topological polar surface area (TPSA) is 86.1 Å². The first-order valence-electron chi connectivity index (χ1n) is 9.84. The molecule has 0 unspecified atom stereocenters. The molecule has 1 atom stereocenters. The Hall–Kier alpha value is -2.39. The van der Waals surface area contributed by atoms with E-state index in [0.717, 1.165) is 21.7 Å². The zero-order chi connectivity index (χ0) is 21.5. The highest BCUT2D eigenvalue weighted by atomic mass is 32.2. The molecule has 158 valence electrons. The predicted molar refractivity (Wildman–Crippen MR) is 121 cm³/mol. The molecule has 0 spiro atoms. The van der Waals surface area contributed by atoms with Crippen molar-refractivity contribution in [2.45, 2.75) is 44.8 Å². The highest BCUT2D eigenvalue weighted by Crippen LogP contribution is 2.31. The van der Waals surface area contributed by atoms with Gasteiger partial charge in [-0.05, 0) is 25.1 Å². The van der Waals surface area contributed by atoms with Crippen LogP contribution in [0.1, 0.15) is 33.4 Å². The molecule has 30 heavy (non-hydrogen) atoms. The molecule has 0 saturated heterocycles. The van der Waals surface area contributed by atoms with Crippen molar-refractivity contribution in [2.75, 3.05) is 17.7 Å². The highest BCUT2D eigenvalue weighted by molar-refractivity contribution is 7.99. The Morgan fingerprint density at radius 3 is 2.83 bits per heavy atom. The molecule has 0 aliphatic carbocycles. The molecule has 2 aromatic heterocycles. The number of carbonyl (C=O) groups is 1. The molecule has 1 amide bonds. The second kappa shape index (κ2) is 8.03. The number of carbonyl (C=O) groups excluding carboxylic acids is 1. The molecule has 7 nitrogen and oxygen atoms in total. The van der Waals surface area contributed by atoms with E-state index in [2.05, 4.69) is 15.3 Å². The van der Waals surface area contributed by atoms with Gasteiger partial charge in [-0.1, -0.05) is 43.9 Å². The summed E-state index contributed by atoms with van der Waals surface area (Å²) in [6, 6.07) is 7.26. The number of benzene rings is 1. The molecule has 0 fully saturated rings. The third-order valence-electron chi connectivity index (χ3n) is 4.83. The Labute approximate surface area is 182 Å². The summed E-state index contributed by atoms with van der Waals surface area (Å²) < 4.78 is 8.07. The second-order valence-corrected chi connectivity index (χ2v) is 10.2. The van der Waals surface area contributed by atoms with Gasteiger partial charge in [-0.15, -0.1) is 0 Å². The molecule has 9 heteroatoms. The molecule has 1 aliphatic heterocycles. The van der Waals surface area contributed by atoms with Gasteiger partial charge in [0.2, 0.25) is 5.91 Å². The van der Waals surface area contributed by atoms with Crippen molar-refractivity contribution < 1.29 is 9.53 Å². The van der Waals surface area contributed by atoms with Crippen LogP contribution in [0, 0.1) is 5.92 Å². The van der Waals surface area contributed by atoms with Crippen molar-refractivity contribution in [1.82, 2.24) is 14.5 Å². The lowest BCUT2D eigenvalue weighted by Crippen LogP contribution is -2.37. The molecule has 1 aromatic carbocycles. The maximum Gasteiger partial charge on any atom is 0.254 e. The Bertz CT molecular complexity index is 1160. The lowest BCUT2D eigenvalue weighted by Gasteiger charge is -2.26. The van der Waals surface area contributed by atoms with Crippen LogP contribution >= 0.6 is 23.1 Å². The largest absolute Gasteiger partial charge is 0.494 e. The molecule has 0 radical (unpaired) electrons. The van der Waals surface area contributed by atoms with Crippen molar-refractivity contribution in [3.63, 3.8) is 0 Å². The van der Waals surface area contributed by atoms with Gasteiger partial charge in [-0.25, -0.2) is 9.97 Å². The van der Waals surface area contributed by atoms with E-state index in [1.807, 2.05) is 45.9 Å². The lowest BCUT2D eigenvalue weighted by molar-refractivity contribution is -0.119. The summed E-state index contributed by atoms with van der Waals surface area (Å²) >= 11 is 2.86. The summed E-state index contributed by atoms with van der Waals surface area (Å²) in [7, 11) is 0. The molecule has 1 N–H and O–H groups in total. The Morgan fingerprint density at radius 2 is 2.10 bits per heavy atom. The number of thiazole rings is 1.